The lowest BCUT2D eigenvalue weighted by molar-refractivity contribution is -0.120. The Balaban J connectivity index is 3.26. The van der Waals surface area contributed by atoms with Gasteiger partial charge in [0.05, 0.1) is 0 Å². The van der Waals surface area contributed by atoms with Gasteiger partial charge in [-0.25, -0.2) is 0 Å². The molecule has 0 saturated carbocycles. The van der Waals surface area contributed by atoms with Crippen molar-refractivity contribution in [3.63, 3.8) is 0 Å². The molecule has 0 aromatic rings. The average molecular weight is 186 g/mol. The maximum Gasteiger partial charge on any atom is 0.221 e. The van der Waals surface area contributed by atoms with Gasteiger partial charge in [-0.05, 0) is 13.3 Å². The molecule has 0 bridgehead atoms. The van der Waals surface area contributed by atoms with Gasteiger partial charge in [0, 0.05) is 26.1 Å². The summed E-state index contributed by atoms with van der Waals surface area (Å²) in [6, 6.07) is 0.532. The summed E-state index contributed by atoms with van der Waals surface area (Å²) in [6.07, 6.45) is 4.27. The number of carbonyl (C=O) groups excluding carboxylic acids is 1. The maximum atomic E-state index is 10.9. The quantitative estimate of drug-likeness (QED) is 0.629. The molecule has 0 aromatic carbocycles. The lowest BCUT2D eigenvalue weighted by Gasteiger charge is -2.12. The van der Waals surface area contributed by atoms with E-state index >= 15 is 0 Å². The minimum absolute atomic E-state index is 0.107. The fraction of sp³-hybridized carbons (Fsp3) is 0.900. The largest absolute Gasteiger partial charge is 0.359 e. The summed E-state index contributed by atoms with van der Waals surface area (Å²) in [4.78, 5) is 10.9. The van der Waals surface area contributed by atoms with Crippen molar-refractivity contribution in [3.8, 4) is 0 Å². The van der Waals surface area contributed by atoms with Crippen LogP contribution >= 0.6 is 0 Å². The number of nitrogens with one attached hydrogen (secondary N) is 2. The van der Waals surface area contributed by atoms with Gasteiger partial charge in [-0.2, -0.15) is 0 Å². The van der Waals surface area contributed by atoms with Crippen LogP contribution in [0.3, 0.4) is 0 Å². The summed E-state index contributed by atoms with van der Waals surface area (Å²) >= 11 is 0. The third-order valence-corrected chi connectivity index (χ3v) is 2.11. The number of hydrogen-bond donors (Lipinski definition) is 2. The molecular formula is C10H22N2O. The Bertz CT molecular complexity index is 137. The minimum atomic E-state index is 0.107. The highest BCUT2D eigenvalue weighted by Crippen LogP contribution is 1.98. The van der Waals surface area contributed by atoms with Gasteiger partial charge in [0.25, 0.3) is 0 Å². The first-order valence-electron chi connectivity index (χ1n) is 5.14. The van der Waals surface area contributed by atoms with Gasteiger partial charge >= 0.3 is 0 Å². The van der Waals surface area contributed by atoms with Crippen molar-refractivity contribution >= 4 is 5.91 Å². The first-order valence-corrected chi connectivity index (χ1v) is 5.14. The van der Waals surface area contributed by atoms with Crippen LogP contribution in [0.2, 0.25) is 0 Å². The van der Waals surface area contributed by atoms with E-state index < -0.39 is 0 Å². The highest BCUT2D eigenvalue weighted by molar-refractivity contribution is 5.75. The van der Waals surface area contributed by atoms with E-state index in [0.717, 1.165) is 6.54 Å². The third kappa shape index (κ3) is 7.78. The van der Waals surface area contributed by atoms with Crippen LogP contribution in [0.5, 0.6) is 0 Å². The molecule has 0 spiro atoms. The molecule has 1 unspecified atom stereocenters. The summed E-state index contributed by atoms with van der Waals surface area (Å²) in [5, 5.41) is 5.92. The first kappa shape index (κ1) is 12.4. The smallest absolute Gasteiger partial charge is 0.221 e. The normalized spacial score (nSPS) is 12.5. The van der Waals surface area contributed by atoms with Crippen LogP contribution < -0.4 is 10.6 Å². The number of amides is 1. The molecule has 0 fully saturated rings. The summed E-state index contributed by atoms with van der Waals surface area (Å²) in [5.74, 6) is 0.107. The fourth-order valence-corrected chi connectivity index (χ4v) is 1.17. The van der Waals surface area contributed by atoms with E-state index in [-0.39, 0.29) is 5.91 Å². The highest BCUT2D eigenvalue weighted by atomic mass is 16.1. The Hall–Kier alpha value is -0.570. The second-order valence-corrected chi connectivity index (χ2v) is 3.42. The number of rotatable bonds is 7. The Kier molecular flexibility index (Phi) is 7.69. The van der Waals surface area contributed by atoms with E-state index in [1.54, 1.807) is 7.05 Å². The van der Waals surface area contributed by atoms with Crippen molar-refractivity contribution in [1.82, 2.24) is 10.6 Å². The molecular weight excluding hydrogens is 164 g/mol. The van der Waals surface area contributed by atoms with Gasteiger partial charge in [-0.3, -0.25) is 4.79 Å². The Morgan fingerprint density at radius 2 is 2.15 bits per heavy atom. The minimum Gasteiger partial charge on any atom is -0.359 e. The average Bonchev–Trinajstić information content (AvgIpc) is 2.14. The predicted molar refractivity (Wildman–Crippen MR) is 55.7 cm³/mol. The summed E-state index contributed by atoms with van der Waals surface area (Å²) in [5.41, 5.74) is 0. The van der Waals surface area contributed by atoms with Crippen molar-refractivity contribution < 1.29 is 4.79 Å². The van der Waals surface area contributed by atoms with Crippen LogP contribution in [-0.2, 0) is 4.79 Å². The van der Waals surface area contributed by atoms with Crippen LogP contribution in [0.25, 0.3) is 0 Å². The van der Waals surface area contributed by atoms with Gasteiger partial charge in [-0.1, -0.05) is 19.8 Å². The molecule has 0 aromatic heterocycles. The zero-order valence-electron chi connectivity index (χ0n) is 9.02. The van der Waals surface area contributed by atoms with E-state index in [9.17, 15) is 4.79 Å². The lowest BCUT2D eigenvalue weighted by atomic mass is 10.1. The van der Waals surface area contributed by atoms with E-state index in [4.69, 9.17) is 0 Å². The van der Waals surface area contributed by atoms with Crippen LogP contribution in [0.15, 0.2) is 0 Å². The Morgan fingerprint density at radius 1 is 1.46 bits per heavy atom. The van der Waals surface area contributed by atoms with E-state index in [1.165, 1.54) is 19.3 Å². The SMILES string of the molecule is CCCCC(C)NCCC(=O)NC. The molecule has 2 N–H and O–H groups in total. The van der Waals surface area contributed by atoms with Gasteiger partial charge in [-0.15, -0.1) is 0 Å². The number of hydrogen-bond acceptors (Lipinski definition) is 2. The molecule has 3 nitrogen and oxygen atoms in total. The first-order chi connectivity index (χ1) is 6.20. The standard InChI is InChI=1S/C10H22N2O/c1-4-5-6-9(2)12-8-7-10(13)11-3/h9,12H,4-8H2,1-3H3,(H,11,13). The van der Waals surface area contributed by atoms with Crippen LogP contribution in [-0.4, -0.2) is 25.5 Å². The zero-order valence-corrected chi connectivity index (χ0v) is 9.02. The van der Waals surface area contributed by atoms with E-state index in [1.807, 2.05) is 0 Å². The molecule has 0 aliphatic heterocycles. The van der Waals surface area contributed by atoms with Crippen molar-refractivity contribution in [2.75, 3.05) is 13.6 Å². The predicted octanol–water partition coefficient (Wildman–Crippen LogP) is 1.29. The highest BCUT2D eigenvalue weighted by Gasteiger charge is 2.01. The van der Waals surface area contributed by atoms with Gasteiger partial charge in [0.15, 0.2) is 0 Å². The van der Waals surface area contributed by atoms with Crippen LogP contribution in [0.4, 0.5) is 0 Å². The molecule has 0 heterocycles. The van der Waals surface area contributed by atoms with E-state index in [2.05, 4.69) is 24.5 Å². The third-order valence-electron chi connectivity index (χ3n) is 2.11. The second-order valence-electron chi connectivity index (χ2n) is 3.42. The van der Waals surface area contributed by atoms with Crippen molar-refractivity contribution in [3.05, 3.63) is 0 Å². The summed E-state index contributed by atoms with van der Waals surface area (Å²) in [6.45, 7) is 5.14. The van der Waals surface area contributed by atoms with Crippen molar-refractivity contribution in [2.24, 2.45) is 0 Å². The fourth-order valence-electron chi connectivity index (χ4n) is 1.17. The van der Waals surface area contributed by atoms with Crippen molar-refractivity contribution in [1.29, 1.82) is 0 Å². The second kappa shape index (κ2) is 8.05. The van der Waals surface area contributed by atoms with Crippen LogP contribution in [0.1, 0.15) is 39.5 Å². The lowest BCUT2D eigenvalue weighted by Crippen LogP contribution is -2.30. The molecule has 0 saturated heterocycles. The van der Waals surface area contributed by atoms with Gasteiger partial charge in [0.1, 0.15) is 0 Å². The van der Waals surface area contributed by atoms with Crippen LogP contribution in [0, 0.1) is 0 Å². The topological polar surface area (TPSA) is 41.1 Å². The molecule has 13 heavy (non-hydrogen) atoms. The molecule has 0 aliphatic rings. The molecule has 78 valence electrons. The summed E-state index contributed by atoms with van der Waals surface area (Å²) in [7, 11) is 1.67. The summed E-state index contributed by atoms with van der Waals surface area (Å²) < 4.78 is 0. The molecule has 0 radical (unpaired) electrons. The zero-order chi connectivity index (χ0) is 10.1. The Morgan fingerprint density at radius 3 is 2.69 bits per heavy atom. The molecule has 1 amide bonds. The molecule has 3 heteroatoms. The molecule has 1 atom stereocenters. The van der Waals surface area contributed by atoms with E-state index in [0.29, 0.717) is 12.5 Å². The number of unbranched alkanes of at least 4 members (excludes halogenated alkanes) is 1. The van der Waals surface area contributed by atoms with Gasteiger partial charge < -0.3 is 10.6 Å². The van der Waals surface area contributed by atoms with Gasteiger partial charge in [0.2, 0.25) is 5.91 Å². The maximum absolute atomic E-state index is 10.9. The molecule has 0 rings (SSSR count). The molecule has 0 aliphatic carbocycles. The number of carbonyl (C=O) groups is 1. The monoisotopic (exact) mass is 186 g/mol. The van der Waals surface area contributed by atoms with Crippen molar-refractivity contribution in [2.45, 2.75) is 45.6 Å². The Labute approximate surface area is 81.3 Å².